The average molecular weight is 349 g/mol. The van der Waals surface area contributed by atoms with Crippen LogP contribution in [-0.4, -0.2) is 28.6 Å². The highest BCUT2D eigenvalue weighted by molar-refractivity contribution is 5.76. The van der Waals surface area contributed by atoms with Crippen LogP contribution < -0.4 is 28.5 Å². The molecule has 0 aromatic carbocycles. The number of carbonyl (C=O) groups excluding carboxylic acids is 1. The summed E-state index contributed by atoms with van der Waals surface area (Å²) in [5, 5.41) is 0. The number of piperidine rings is 1. The number of halogens is 1. The van der Waals surface area contributed by atoms with E-state index in [1.165, 1.54) is 12.8 Å². The van der Waals surface area contributed by atoms with Crippen molar-refractivity contribution in [3.8, 4) is 0 Å². The Balaban J connectivity index is 0.00000144. The van der Waals surface area contributed by atoms with E-state index in [1.807, 2.05) is 35.2 Å². The van der Waals surface area contributed by atoms with Crippen molar-refractivity contribution in [3.05, 3.63) is 18.7 Å². The molecule has 1 aromatic heterocycles. The van der Waals surface area contributed by atoms with Gasteiger partial charge in [-0.2, -0.15) is 4.57 Å². The molecule has 4 nitrogen and oxygen atoms in total. The first-order valence-electron chi connectivity index (χ1n) is 6.03. The Bertz CT molecular complexity index is 378. The zero-order valence-corrected chi connectivity index (χ0v) is 12.6. The van der Waals surface area contributed by atoms with Crippen LogP contribution in [0.15, 0.2) is 18.7 Å². The molecule has 1 aromatic rings. The van der Waals surface area contributed by atoms with Gasteiger partial charge in [-0.15, -0.1) is 0 Å². The molecular weight excluding hydrogens is 329 g/mol. The third kappa shape index (κ3) is 3.43. The molecule has 1 aliphatic heterocycles. The summed E-state index contributed by atoms with van der Waals surface area (Å²) < 4.78 is 3.55. The number of hydrogen-bond donors (Lipinski definition) is 0. The Morgan fingerprint density at radius 2 is 2.29 bits per heavy atom. The molecule has 1 unspecified atom stereocenters. The van der Waals surface area contributed by atoms with E-state index in [0.29, 0.717) is 5.92 Å². The molecular formula is C12H20IN3O. The van der Waals surface area contributed by atoms with Crippen molar-refractivity contribution in [1.82, 2.24) is 9.47 Å². The van der Waals surface area contributed by atoms with Crippen molar-refractivity contribution in [1.29, 1.82) is 0 Å². The average Bonchev–Trinajstić information content (AvgIpc) is 2.75. The largest absolute Gasteiger partial charge is 1.00 e. The van der Waals surface area contributed by atoms with Crippen LogP contribution in [0.3, 0.4) is 0 Å². The Morgan fingerprint density at radius 1 is 1.53 bits per heavy atom. The molecule has 0 aliphatic carbocycles. The van der Waals surface area contributed by atoms with Crippen molar-refractivity contribution >= 4 is 6.03 Å². The van der Waals surface area contributed by atoms with Gasteiger partial charge in [0.2, 0.25) is 0 Å². The normalized spacial score (nSPS) is 19.9. The molecule has 0 N–H and O–H groups in total. The highest BCUT2D eigenvalue weighted by atomic mass is 127. The molecule has 1 saturated heterocycles. The molecule has 0 bridgehead atoms. The van der Waals surface area contributed by atoms with E-state index in [2.05, 4.69) is 6.92 Å². The first kappa shape index (κ1) is 14.5. The second-order valence-corrected chi connectivity index (χ2v) is 4.63. The monoisotopic (exact) mass is 349 g/mol. The maximum absolute atomic E-state index is 12.2. The van der Waals surface area contributed by atoms with E-state index in [1.54, 1.807) is 4.57 Å². The minimum atomic E-state index is 0. The minimum Gasteiger partial charge on any atom is -1.00 e. The number of likely N-dealkylation sites (tertiary alicyclic amines) is 1. The fourth-order valence-corrected chi connectivity index (χ4v) is 2.30. The maximum atomic E-state index is 12.2. The first-order valence-corrected chi connectivity index (χ1v) is 6.03. The van der Waals surface area contributed by atoms with Gasteiger partial charge in [-0.1, -0.05) is 13.3 Å². The zero-order chi connectivity index (χ0) is 11.5. The fraction of sp³-hybridized carbons (Fsp3) is 0.667. The zero-order valence-electron chi connectivity index (χ0n) is 10.5. The van der Waals surface area contributed by atoms with Gasteiger partial charge in [0.15, 0.2) is 0 Å². The summed E-state index contributed by atoms with van der Waals surface area (Å²) >= 11 is 0. The van der Waals surface area contributed by atoms with Gasteiger partial charge in [-0.3, -0.25) is 0 Å². The number of hydrogen-bond acceptors (Lipinski definition) is 1. The SMILES string of the molecule is CCC1CCCN(C(=O)n2cc[n+](C)c2)C1.[I-]. The lowest BCUT2D eigenvalue weighted by Crippen LogP contribution is -3.00. The Kier molecular flexibility index (Phi) is 5.42. The van der Waals surface area contributed by atoms with Gasteiger partial charge in [-0.25, -0.2) is 9.36 Å². The third-order valence-electron chi connectivity index (χ3n) is 3.36. The van der Waals surface area contributed by atoms with Crippen molar-refractivity contribution in [3.63, 3.8) is 0 Å². The van der Waals surface area contributed by atoms with Crippen LogP contribution in [0, 0.1) is 5.92 Å². The van der Waals surface area contributed by atoms with E-state index < -0.39 is 0 Å². The van der Waals surface area contributed by atoms with Crippen LogP contribution in [0.5, 0.6) is 0 Å². The smallest absolute Gasteiger partial charge is 0.415 e. The highest BCUT2D eigenvalue weighted by Gasteiger charge is 2.26. The number of amides is 1. The summed E-state index contributed by atoms with van der Waals surface area (Å²) in [6, 6.07) is 0.110. The van der Waals surface area contributed by atoms with Gasteiger partial charge in [0.25, 0.3) is 6.33 Å². The minimum absolute atomic E-state index is 0. The molecule has 2 rings (SSSR count). The quantitative estimate of drug-likeness (QED) is 0.444. The van der Waals surface area contributed by atoms with Crippen LogP contribution in [0.25, 0.3) is 0 Å². The van der Waals surface area contributed by atoms with Crippen molar-refractivity contribution < 1.29 is 33.3 Å². The standard InChI is InChI=1S/C12H20N3O.HI/c1-3-11-5-4-6-14(9-11)12(16)15-8-7-13(2)10-15;/h7-8,10-11H,3-6,9H2,1-2H3;1H/q+1;/p-1. The molecule has 17 heavy (non-hydrogen) atoms. The van der Waals surface area contributed by atoms with Crippen LogP contribution in [0.4, 0.5) is 4.79 Å². The van der Waals surface area contributed by atoms with Crippen molar-refractivity contribution in [2.24, 2.45) is 13.0 Å². The van der Waals surface area contributed by atoms with Crippen LogP contribution in [-0.2, 0) is 7.05 Å². The molecule has 5 heteroatoms. The van der Waals surface area contributed by atoms with E-state index in [4.69, 9.17) is 0 Å². The molecule has 0 radical (unpaired) electrons. The number of nitrogens with zero attached hydrogens (tertiary/aromatic N) is 3. The van der Waals surface area contributed by atoms with Crippen LogP contribution in [0.1, 0.15) is 26.2 Å². The number of rotatable bonds is 1. The summed E-state index contributed by atoms with van der Waals surface area (Å²) in [6.07, 6.45) is 9.09. The predicted octanol–water partition coefficient (Wildman–Crippen LogP) is -1.59. The van der Waals surface area contributed by atoms with Crippen LogP contribution >= 0.6 is 0 Å². The third-order valence-corrected chi connectivity index (χ3v) is 3.36. The molecule has 0 spiro atoms. The van der Waals surface area contributed by atoms with Gasteiger partial charge in [0.05, 0.1) is 7.05 Å². The Labute approximate surface area is 120 Å². The fourth-order valence-electron chi connectivity index (χ4n) is 2.30. The topological polar surface area (TPSA) is 29.1 Å². The van der Waals surface area contributed by atoms with Crippen molar-refractivity contribution in [2.45, 2.75) is 26.2 Å². The van der Waals surface area contributed by atoms with Gasteiger partial charge < -0.3 is 28.9 Å². The van der Waals surface area contributed by atoms with E-state index >= 15 is 0 Å². The summed E-state index contributed by atoms with van der Waals surface area (Å²) in [6.45, 7) is 4.02. The first-order chi connectivity index (χ1) is 7.70. The van der Waals surface area contributed by atoms with Gasteiger partial charge in [0, 0.05) is 13.1 Å². The van der Waals surface area contributed by atoms with E-state index in [-0.39, 0.29) is 30.0 Å². The Morgan fingerprint density at radius 3 is 2.88 bits per heavy atom. The van der Waals surface area contributed by atoms with Gasteiger partial charge in [-0.05, 0) is 18.8 Å². The number of imidazole rings is 1. The summed E-state index contributed by atoms with van der Waals surface area (Å²) in [7, 11) is 1.93. The number of carbonyl (C=O) groups is 1. The summed E-state index contributed by atoms with van der Waals surface area (Å²) in [4.78, 5) is 14.1. The lowest BCUT2D eigenvalue weighted by atomic mass is 9.96. The maximum Gasteiger partial charge on any atom is 0.415 e. The molecule has 96 valence electrons. The second-order valence-electron chi connectivity index (χ2n) is 4.63. The van der Waals surface area contributed by atoms with Crippen molar-refractivity contribution in [2.75, 3.05) is 13.1 Å². The molecule has 1 atom stereocenters. The molecule has 1 fully saturated rings. The van der Waals surface area contributed by atoms with Gasteiger partial charge in [0.1, 0.15) is 12.4 Å². The van der Waals surface area contributed by atoms with E-state index in [9.17, 15) is 4.79 Å². The van der Waals surface area contributed by atoms with Gasteiger partial charge >= 0.3 is 6.03 Å². The van der Waals surface area contributed by atoms with E-state index in [0.717, 1.165) is 19.5 Å². The molecule has 0 saturated carbocycles. The number of aromatic nitrogens is 2. The van der Waals surface area contributed by atoms with Crippen LogP contribution in [0.2, 0.25) is 0 Å². The predicted molar refractivity (Wildman–Crippen MR) is 61.0 cm³/mol. The Hall–Kier alpha value is -0.590. The number of aryl methyl sites for hydroxylation is 1. The summed E-state index contributed by atoms with van der Waals surface area (Å²) in [5.74, 6) is 0.682. The molecule has 1 amide bonds. The molecule has 2 heterocycles. The summed E-state index contributed by atoms with van der Waals surface area (Å²) in [5.41, 5.74) is 0. The lowest BCUT2D eigenvalue weighted by Gasteiger charge is -2.30. The second kappa shape index (κ2) is 6.37. The highest BCUT2D eigenvalue weighted by Crippen LogP contribution is 2.19. The molecule has 1 aliphatic rings. The lowest BCUT2D eigenvalue weighted by molar-refractivity contribution is -0.670.